The van der Waals surface area contributed by atoms with Gasteiger partial charge >= 0.3 is 6.18 Å². The molecule has 2 aliphatic heterocycles. The van der Waals surface area contributed by atoms with Gasteiger partial charge in [-0.3, -0.25) is 14.4 Å². The van der Waals surface area contributed by atoms with Gasteiger partial charge in [0.05, 0.1) is 46.2 Å². The van der Waals surface area contributed by atoms with E-state index < -0.39 is 23.2 Å². The molecule has 7 rings (SSSR count). The Labute approximate surface area is 286 Å². The van der Waals surface area contributed by atoms with Crippen LogP contribution >= 0.6 is 11.6 Å². The summed E-state index contributed by atoms with van der Waals surface area (Å²) in [4.78, 5) is 60.8. The quantitative estimate of drug-likeness (QED) is 0.257. The minimum atomic E-state index is -4.60. The molecule has 1 aromatic carbocycles. The molecule has 2 aliphatic rings. The van der Waals surface area contributed by atoms with E-state index in [1.807, 2.05) is 17.9 Å². The average molecular weight is 711 g/mol. The van der Waals surface area contributed by atoms with Crippen LogP contribution < -0.4 is 15.8 Å². The number of alkyl halides is 3. The molecule has 0 aliphatic carbocycles. The van der Waals surface area contributed by atoms with E-state index in [2.05, 4.69) is 30.4 Å². The van der Waals surface area contributed by atoms with E-state index in [4.69, 9.17) is 16.3 Å². The number of halogens is 4. The van der Waals surface area contributed by atoms with Crippen LogP contribution in [0.25, 0.3) is 22.4 Å². The molecule has 4 aromatic heterocycles. The molecule has 1 saturated heterocycles. The molecular weight excluding hydrogens is 681 g/mol. The maximum atomic E-state index is 14.2. The molecule has 18 heteroatoms. The first-order chi connectivity index (χ1) is 24.0. The van der Waals surface area contributed by atoms with Gasteiger partial charge < -0.3 is 29.4 Å². The average Bonchev–Trinajstić information content (AvgIpc) is 3.78. The van der Waals surface area contributed by atoms with E-state index in [1.54, 1.807) is 21.7 Å². The normalized spacial score (nSPS) is 15.5. The third-order valence-corrected chi connectivity index (χ3v) is 9.03. The number of piperazine rings is 1. The number of amides is 2. The fraction of sp³-hybridized carbons (Fsp3) is 0.344. The number of nitrogens with zero attached hydrogens (tertiary/aromatic N) is 8. The molecule has 0 spiro atoms. The first kappa shape index (κ1) is 33.2. The first-order valence-corrected chi connectivity index (χ1v) is 16.2. The van der Waals surface area contributed by atoms with Crippen molar-refractivity contribution in [1.29, 1.82) is 0 Å². The van der Waals surface area contributed by atoms with Crippen molar-refractivity contribution in [2.24, 2.45) is 0 Å². The van der Waals surface area contributed by atoms with Crippen LogP contribution in [-0.2, 0) is 28.7 Å². The monoisotopic (exact) mass is 710 g/mol. The van der Waals surface area contributed by atoms with E-state index in [9.17, 15) is 27.6 Å². The Bertz CT molecular complexity index is 2220. The van der Waals surface area contributed by atoms with Crippen molar-refractivity contribution in [2.75, 3.05) is 49.6 Å². The van der Waals surface area contributed by atoms with Gasteiger partial charge in [0.1, 0.15) is 18.6 Å². The number of aromatic amines is 1. The van der Waals surface area contributed by atoms with Gasteiger partial charge in [-0.2, -0.15) is 22.7 Å². The summed E-state index contributed by atoms with van der Waals surface area (Å²) in [6.07, 6.45) is 1.11. The topological polar surface area (TPSA) is 156 Å². The number of aromatic nitrogens is 7. The maximum Gasteiger partial charge on any atom is 0.416 e. The summed E-state index contributed by atoms with van der Waals surface area (Å²) in [5.41, 5.74) is 1.62. The number of carbonyl (C=O) groups is 2. The molecule has 0 unspecified atom stereocenters. The van der Waals surface area contributed by atoms with Gasteiger partial charge in [0.15, 0.2) is 11.5 Å². The zero-order valence-electron chi connectivity index (χ0n) is 26.6. The molecule has 2 amide bonds. The lowest BCUT2D eigenvalue weighted by Crippen LogP contribution is -2.51. The first-order valence-electron chi connectivity index (χ1n) is 15.8. The van der Waals surface area contributed by atoms with Crippen molar-refractivity contribution >= 4 is 57.2 Å². The summed E-state index contributed by atoms with van der Waals surface area (Å²) in [5, 5.41) is 6.86. The van der Waals surface area contributed by atoms with Gasteiger partial charge in [-0.15, -0.1) is 5.10 Å². The minimum Gasteiger partial charge on any atom is -0.377 e. The van der Waals surface area contributed by atoms with E-state index in [0.29, 0.717) is 67.4 Å². The fourth-order valence-electron chi connectivity index (χ4n) is 6.24. The van der Waals surface area contributed by atoms with E-state index >= 15 is 0 Å². The Morgan fingerprint density at radius 2 is 1.92 bits per heavy atom. The van der Waals surface area contributed by atoms with Gasteiger partial charge in [-0.05, 0) is 42.7 Å². The van der Waals surface area contributed by atoms with Crippen LogP contribution in [0.1, 0.15) is 40.9 Å². The summed E-state index contributed by atoms with van der Waals surface area (Å²) >= 11 is 6.12. The number of anilines is 2. The van der Waals surface area contributed by atoms with Crippen molar-refractivity contribution in [3.63, 3.8) is 0 Å². The van der Waals surface area contributed by atoms with Gasteiger partial charge in [-0.1, -0.05) is 24.6 Å². The van der Waals surface area contributed by atoms with Gasteiger partial charge in [-0.25, -0.2) is 9.97 Å². The van der Waals surface area contributed by atoms with Gasteiger partial charge in [0.25, 0.3) is 11.5 Å². The minimum absolute atomic E-state index is 0.00405. The second kappa shape index (κ2) is 13.2. The van der Waals surface area contributed by atoms with Crippen LogP contribution in [-0.4, -0.2) is 90.2 Å². The standard InChI is InChI=1S/C32H30ClF3N10O4/c1-2-23-27(43-9-11-44(12-10-43)29(48)26-25-22(5-8-37-25)38-17-39-26)30(49)46-31(41-28(42-46)18-6-13-50-14-7-18)45(23)16-24(47)40-21-4-3-19(15-20(21)33)32(34,35)36/h3-6,8,15,17,37H,2,7,9-14,16H2,1H3,(H,40,47). The lowest BCUT2D eigenvalue weighted by atomic mass is 10.1. The molecule has 0 radical (unpaired) electrons. The SMILES string of the molecule is CCc1c(N2CCN(C(=O)c3ncnc4cc[nH]c34)CC2)c(=O)n2nc(C3=CCOCC3)nc2n1CC(=O)Nc1ccc(C(F)(F)F)cc1Cl. The lowest BCUT2D eigenvalue weighted by molar-refractivity contribution is -0.137. The van der Waals surface area contributed by atoms with Crippen molar-refractivity contribution in [2.45, 2.75) is 32.5 Å². The zero-order valence-corrected chi connectivity index (χ0v) is 27.4. The summed E-state index contributed by atoms with van der Waals surface area (Å²) in [6, 6.07) is 4.42. The molecule has 0 bridgehead atoms. The maximum absolute atomic E-state index is 14.2. The molecule has 6 heterocycles. The third kappa shape index (κ3) is 6.17. The number of nitrogens with one attached hydrogen (secondary N) is 2. The van der Waals surface area contributed by atoms with Crippen LogP contribution in [0.4, 0.5) is 24.5 Å². The van der Waals surface area contributed by atoms with Crippen LogP contribution in [0, 0.1) is 0 Å². The smallest absolute Gasteiger partial charge is 0.377 e. The summed E-state index contributed by atoms with van der Waals surface area (Å²) < 4.78 is 47.7. The van der Waals surface area contributed by atoms with Crippen molar-refractivity contribution in [3.8, 4) is 0 Å². The van der Waals surface area contributed by atoms with Crippen LogP contribution in [0.2, 0.25) is 5.02 Å². The van der Waals surface area contributed by atoms with Crippen LogP contribution in [0.15, 0.2) is 47.7 Å². The Balaban J connectivity index is 1.22. The highest BCUT2D eigenvalue weighted by Crippen LogP contribution is 2.34. The molecule has 5 aromatic rings. The Kier molecular flexibility index (Phi) is 8.77. The third-order valence-electron chi connectivity index (χ3n) is 8.71. The Morgan fingerprint density at radius 1 is 1.12 bits per heavy atom. The number of ether oxygens (including phenoxy) is 1. The number of rotatable bonds is 7. The largest absolute Gasteiger partial charge is 0.416 e. The van der Waals surface area contributed by atoms with E-state index in [1.165, 1.54) is 10.8 Å². The summed E-state index contributed by atoms with van der Waals surface area (Å²) in [6.45, 7) is 3.49. The fourth-order valence-corrected chi connectivity index (χ4v) is 6.47. The number of fused-ring (bicyclic) bond motifs is 2. The predicted molar refractivity (Wildman–Crippen MR) is 177 cm³/mol. The predicted octanol–water partition coefficient (Wildman–Crippen LogP) is 3.80. The van der Waals surface area contributed by atoms with Crippen LogP contribution in [0.5, 0.6) is 0 Å². The van der Waals surface area contributed by atoms with Gasteiger partial charge in [0, 0.05) is 32.4 Å². The summed E-state index contributed by atoms with van der Waals surface area (Å²) in [7, 11) is 0. The van der Waals surface area contributed by atoms with Crippen molar-refractivity contribution in [3.05, 3.63) is 81.0 Å². The number of hydrogen-bond acceptors (Lipinski definition) is 9. The number of carbonyl (C=O) groups excluding carboxylic acids is 2. The molecule has 260 valence electrons. The second-order valence-electron chi connectivity index (χ2n) is 11.7. The molecule has 50 heavy (non-hydrogen) atoms. The Morgan fingerprint density at radius 3 is 2.62 bits per heavy atom. The number of hydrogen-bond donors (Lipinski definition) is 2. The highest BCUT2D eigenvalue weighted by atomic mass is 35.5. The van der Waals surface area contributed by atoms with E-state index in [0.717, 1.165) is 23.8 Å². The number of H-pyrrole nitrogens is 1. The molecule has 1 fully saturated rings. The molecular formula is C32H30ClF3N10O4. The molecule has 0 atom stereocenters. The van der Waals surface area contributed by atoms with Crippen molar-refractivity contribution in [1.82, 2.24) is 39.0 Å². The highest BCUT2D eigenvalue weighted by molar-refractivity contribution is 6.33. The molecule has 2 N–H and O–H groups in total. The number of benzene rings is 1. The Hall–Kier alpha value is -5.29. The second-order valence-corrected chi connectivity index (χ2v) is 12.1. The zero-order chi connectivity index (χ0) is 35.2. The lowest BCUT2D eigenvalue weighted by Gasteiger charge is -2.36. The van der Waals surface area contributed by atoms with Crippen molar-refractivity contribution < 1.29 is 27.5 Å². The summed E-state index contributed by atoms with van der Waals surface area (Å²) in [5.74, 6) is -0.435. The van der Waals surface area contributed by atoms with E-state index in [-0.39, 0.29) is 47.7 Å². The van der Waals surface area contributed by atoms with Gasteiger partial charge in [0.2, 0.25) is 11.7 Å². The van der Waals surface area contributed by atoms with Crippen LogP contribution in [0.3, 0.4) is 0 Å². The molecule has 0 saturated carbocycles. The molecule has 14 nitrogen and oxygen atoms in total. The highest BCUT2D eigenvalue weighted by Gasteiger charge is 2.32.